The molecule has 6 heteroatoms. The van der Waals surface area contributed by atoms with Crippen LogP contribution in [0.2, 0.25) is 0 Å². The van der Waals surface area contributed by atoms with Gasteiger partial charge >= 0.3 is 0 Å². The van der Waals surface area contributed by atoms with Crippen molar-refractivity contribution >= 4 is 11.8 Å². The van der Waals surface area contributed by atoms with E-state index in [1.807, 2.05) is 77.5 Å². The lowest BCUT2D eigenvalue weighted by Gasteiger charge is -2.35. The van der Waals surface area contributed by atoms with Gasteiger partial charge < -0.3 is 14.5 Å². The van der Waals surface area contributed by atoms with Gasteiger partial charge in [0, 0.05) is 67.8 Å². The quantitative estimate of drug-likeness (QED) is 0.744. The van der Waals surface area contributed by atoms with Crippen molar-refractivity contribution in [1.82, 2.24) is 14.8 Å². The van der Waals surface area contributed by atoms with Crippen molar-refractivity contribution in [2.45, 2.75) is 20.0 Å². The van der Waals surface area contributed by atoms with Crippen molar-refractivity contribution in [3.05, 3.63) is 77.7 Å². The number of methoxy groups -OCH3 is 1. The Labute approximate surface area is 189 Å². The first-order valence-corrected chi connectivity index (χ1v) is 11.0. The molecule has 1 aromatic carbocycles. The number of piperazine rings is 1. The summed E-state index contributed by atoms with van der Waals surface area (Å²) < 4.78 is 5.46. The molecule has 0 spiro atoms. The fourth-order valence-corrected chi connectivity index (χ4v) is 4.10. The number of hydrogen-bond acceptors (Lipinski definition) is 4. The molecule has 32 heavy (non-hydrogen) atoms. The Hall–Kier alpha value is -3.25. The Morgan fingerprint density at radius 3 is 2.16 bits per heavy atom. The maximum absolute atomic E-state index is 13.0. The van der Waals surface area contributed by atoms with Crippen LogP contribution in [0, 0.1) is 12.8 Å². The van der Waals surface area contributed by atoms with Crippen LogP contribution in [-0.4, -0.2) is 66.0 Å². The van der Waals surface area contributed by atoms with E-state index in [2.05, 4.69) is 11.9 Å². The summed E-state index contributed by atoms with van der Waals surface area (Å²) in [6.07, 6.45) is 7.55. The standard InChI is InChI=1S/C26H29N3O3/c1-18-4-6-22(16-24(18)32-3)26(31)29-14-12-28(13-15-29)25(30)21-10-8-20(9-11-21)23-7-5-19(2)27-17-23/h4-11,16-18,24H,12-15H2,1-3H3. The number of carbonyl (C=O) groups is 2. The Kier molecular flexibility index (Phi) is 6.51. The van der Waals surface area contributed by atoms with E-state index < -0.39 is 0 Å². The second kappa shape index (κ2) is 9.49. The van der Waals surface area contributed by atoms with Crippen LogP contribution >= 0.6 is 0 Å². The molecule has 1 fully saturated rings. The van der Waals surface area contributed by atoms with Crippen molar-refractivity contribution in [2.24, 2.45) is 5.92 Å². The summed E-state index contributed by atoms with van der Waals surface area (Å²) in [6.45, 7) is 6.12. The molecular weight excluding hydrogens is 402 g/mol. The van der Waals surface area contributed by atoms with Gasteiger partial charge in [-0.3, -0.25) is 14.6 Å². The molecule has 2 aliphatic rings. The molecule has 1 aliphatic carbocycles. The molecule has 2 unspecified atom stereocenters. The van der Waals surface area contributed by atoms with E-state index >= 15 is 0 Å². The van der Waals surface area contributed by atoms with Gasteiger partial charge in [-0.05, 0) is 36.8 Å². The molecule has 0 bridgehead atoms. The fraction of sp³-hybridized carbons (Fsp3) is 0.346. The van der Waals surface area contributed by atoms with Crippen LogP contribution in [0.5, 0.6) is 0 Å². The van der Waals surface area contributed by atoms with Crippen LogP contribution in [0.15, 0.2) is 66.4 Å². The normalized spacial score (nSPS) is 20.8. The first kappa shape index (κ1) is 22.0. The van der Waals surface area contributed by atoms with E-state index in [1.54, 1.807) is 7.11 Å². The third kappa shape index (κ3) is 4.65. The van der Waals surface area contributed by atoms with Crippen molar-refractivity contribution in [3.63, 3.8) is 0 Å². The van der Waals surface area contributed by atoms with Crippen molar-refractivity contribution in [2.75, 3.05) is 33.3 Å². The number of benzene rings is 1. The van der Waals surface area contributed by atoms with Crippen LogP contribution < -0.4 is 0 Å². The second-order valence-corrected chi connectivity index (χ2v) is 8.39. The lowest BCUT2D eigenvalue weighted by atomic mass is 9.94. The first-order chi connectivity index (χ1) is 15.5. The topological polar surface area (TPSA) is 62.7 Å². The molecule has 1 saturated heterocycles. The van der Waals surface area contributed by atoms with Gasteiger partial charge in [0.2, 0.25) is 0 Å². The smallest absolute Gasteiger partial charge is 0.253 e. The number of nitrogens with zero attached hydrogens (tertiary/aromatic N) is 3. The molecule has 0 N–H and O–H groups in total. The number of pyridine rings is 1. The summed E-state index contributed by atoms with van der Waals surface area (Å²) in [7, 11) is 1.66. The van der Waals surface area contributed by atoms with Gasteiger partial charge in [0.25, 0.3) is 11.8 Å². The van der Waals surface area contributed by atoms with Crippen LogP contribution in [0.1, 0.15) is 23.0 Å². The maximum Gasteiger partial charge on any atom is 0.253 e. The average molecular weight is 432 g/mol. The molecule has 2 atom stereocenters. The molecule has 166 valence electrons. The Balaban J connectivity index is 1.36. The summed E-state index contributed by atoms with van der Waals surface area (Å²) in [6, 6.07) is 11.6. The fourth-order valence-electron chi connectivity index (χ4n) is 4.10. The minimum atomic E-state index is -0.0829. The minimum absolute atomic E-state index is 0.00152. The van der Waals surface area contributed by atoms with E-state index in [4.69, 9.17) is 4.74 Å². The molecule has 2 heterocycles. The van der Waals surface area contributed by atoms with Crippen LogP contribution in [0.25, 0.3) is 11.1 Å². The second-order valence-electron chi connectivity index (χ2n) is 8.39. The van der Waals surface area contributed by atoms with Gasteiger partial charge in [0.05, 0.1) is 6.10 Å². The van der Waals surface area contributed by atoms with Gasteiger partial charge in [-0.2, -0.15) is 0 Å². The van der Waals surface area contributed by atoms with Gasteiger partial charge in [-0.15, -0.1) is 0 Å². The van der Waals surface area contributed by atoms with Crippen molar-refractivity contribution in [1.29, 1.82) is 0 Å². The predicted octanol–water partition coefficient (Wildman–Crippen LogP) is 3.49. The number of amides is 2. The molecule has 4 rings (SSSR count). The highest BCUT2D eigenvalue weighted by Crippen LogP contribution is 2.22. The zero-order valence-corrected chi connectivity index (χ0v) is 18.8. The molecule has 2 amide bonds. The Bertz CT molecular complexity index is 1030. The predicted molar refractivity (Wildman–Crippen MR) is 124 cm³/mol. The molecule has 2 aromatic rings. The first-order valence-electron chi connectivity index (χ1n) is 11.0. The molecule has 1 aliphatic heterocycles. The number of carbonyl (C=O) groups excluding carboxylic acids is 2. The highest BCUT2D eigenvalue weighted by Gasteiger charge is 2.28. The summed E-state index contributed by atoms with van der Waals surface area (Å²) in [5.41, 5.74) is 4.35. The zero-order valence-electron chi connectivity index (χ0n) is 18.8. The molecule has 6 nitrogen and oxygen atoms in total. The number of aromatic nitrogens is 1. The van der Waals surface area contributed by atoms with Gasteiger partial charge in [0.15, 0.2) is 0 Å². The summed E-state index contributed by atoms with van der Waals surface area (Å²) in [4.78, 5) is 33.8. The van der Waals surface area contributed by atoms with E-state index in [1.165, 1.54) is 0 Å². The number of aryl methyl sites for hydroxylation is 1. The SMILES string of the molecule is COC1C=C(C(=O)N2CCN(C(=O)c3ccc(-c4ccc(C)nc4)cc3)CC2)C=CC1C. The molecule has 1 aromatic heterocycles. The summed E-state index contributed by atoms with van der Waals surface area (Å²) in [5, 5.41) is 0. The lowest BCUT2D eigenvalue weighted by Crippen LogP contribution is -2.51. The number of rotatable bonds is 4. The summed E-state index contributed by atoms with van der Waals surface area (Å²) in [5.74, 6) is 0.244. The molecule has 0 saturated carbocycles. The maximum atomic E-state index is 13.0. The highest BCUT2D eigenvalue weighted by molar-refractivity contribution is 5.97. The monoisotopic (exact) mass is 431 g/mol. The van der Waals surface area contributed by atoms with E-state index in [0.717, 1.165) is 16.8 Å². The third-order valence-electron chi connectivity index (χ3n) is 6.19. The van der Waals surface area contributed by atoms with Crippen LogP contribution in [0.4, 0.5) is 0 Å². The van der Waals surface area contributed by atoms with Crippen LogP contribution in [-0.2, 0) is 9.53 Å². The van der Waals surface area contributed by atoms with E-state index in [9.17, 15) is 9.59 Å². The average Bonchev–Trinajstić information content (AvgIpc) is 2.84. The van der Waals surface area contributed by atoms with Crippen molar-refractivity contribution in [3.8, 4) is 11.1 Å². The van der Waals surface area contributed by atoms with Crippen molar-refractivity contribution < 1.29 is 14.3 Å². The Morgan fingerprint density at radius 1 is 0.938 bits per heavy atom. The van der Waals surface area contributed by atoms with Gasteiger partial charge in [-0.1, -0.05) is 37.3 Å². The lowest BCUT2D eigenvalue weighted by molar-refractivity contribution is -0.128. The van der Waals surface area contributed by atoms with Gasteiger partial charge in [-0.25, -0.2) is 0 Å². The molecular formula is C26H29N3O3. The number of hydrogen-bond donors (Lipinski definition) is 0. The largest absolute Gasteiger partial charge is 0.377 e. The van der Waals surface area contributed by atoms with Crippen LogP contribution in [0.3, 0.4) is 0 Å². The molecule has 0 radical (unpaired) electrons. The van der Waals surface area contributed by atoms with E-state index in [0.29, 0.717) is 37.3 Å². The zero-order chi connectivity index (χ0) is 22.7. The number of ether oxygens (including phenoxy) is 1. The summed E-state index contributed by atoms with van der Waals surface area (Å²) >= 11 is 0. The third-order valence-corrected chi connectivity index (χ3v) is 6.19. The van der Waals surface area contributed by atoms with Gasteiger partial charge in [0.1, 0.15) is 0 Å². The highest BCUT2D eigenvalue weighted by atomic mass is 16.5. The Morgan fingerprint density at radius 2 is 1.56 bits per heavy atom. The minimum Gasteiger partial charge on any atom is -0.377 e. The van der Waals surface area contributed by atoms with E-state index in [-0.39, 0.29) is 23.8 Å².